The predicted molar refractivity (Wildman–Crippen MR) is 85.7 cm³/mol. The summed E-state index contributed by atoms with van der Waals surface area (Å²) in [6.45, 7) is 0.445. The molecule has 0 aliphatic heterocycles. The summed E-state index contributed by atoms with van der Waals surface area (Å²) < 4.78 is 0. The number of nitrogens with one attached hydrogen (secondary N) is 1. The van der Waals surface area contributed by atoms with Crippen molar-refractivity contribution in [3.63, 3.8) is 0 Å². The van der Waals surface area contributed by atoms with E-state index in [0.29, 0.717) is 16.6 Å². The number of carbonyl (C=O) groups is 1. The first-order chi connectivity index (χ1) is 10.1. The highest BCUT2D eigenvalue weighted by Crippen LogP contribution is 2.48. The van der Waals surface area contributed by atoms with Crippen molar-refractivity contribution in [1.82, 2.24) is 5.32 Å². The van der Waals surface area contributed by atoms with Crippen LogP contribution in [0.5, 0.6) is 0 Å². The van der Waals surface area contributed by atoms with Crippen LogP contribution >= 0.6 is 23.2 Å². The Bertz CT molecular complexity index is 680. The maximum atomic E-state index is 12.5. The first-order valence-electron chi connectivity index (χ1n) is 6.90. The molecule has 21 heavy (non-hydrogen) atoms. The minimum atomic E-state index is -0.411. The van der Waals surface area contributed by atoms with Gasteiger partial charge in [-0.05, 0) is 42.2 Å². The molecule has 1 aliphatic carbocycles. The molecular weight excluding hydrogens is 305 g/mol. The van der Waals surface area contributed by atoms with E-state index in [0.717, 1.165) is 24.0 Å². The average molecular weight is 320 g/mol. The van der Waals surface area contributed by atoms with Gasteiger partial charge in [-0.15, -0.1) is 0 Å². The van der Waals surface area contributed by atoms with Crippen LogP contribution < -0.4 is 5.32 Å². The molecule has 2 nitrogen and oxygen atoms in total. The molecule has 0 radical (unpaired) electrons. The summed E-state index contributed by atoms with van der Waals surface area (Å²) in [4.78, 5) is 12.5. The van der Waals surface area contributed by atoms with Crippen LogP contribution in [0.3, 0.4) is 0 Å². The smallest absolute Gasteiger partial charge is 0.230 e. The van der Waals surface area contributed by atoms with Gasteiger partial charge in [0.05, 0.1) is 5.41 Å². The fourth-order valence-electron chi connectivity index (χ4n) is 2.54. The molecular formula is C17H15Cl2NO. The van der Waals surface area contributed by atoms with Crippen LogP contribution in [-0.2, 0) is 16.8 Å². The van der Waals surface area contributed by atoms with Crippen LogP contribution in [-0.4, -0.2) is 5.91 Å². The topological polar surface area (TPSA) is 29.1 Å². The summed E-state index contributed by atoms with van der Waals surface area (Å²) in [5.74, 6) is 0.0460. The maximum Gasteiger partial charge on any atom is 0.230 e. The van der Waals surface area contributed by atoms with Crippen LogP contribution in [0.25, 0.3) is 0 Å². The van der Waals surface area contributed by atoms with Crippen molar-refractivity contribution in [3.05, 3.63) is 69.7 Å². The number of hydrogen-bond donors (Lipinski definition) is 1. The van der Waals surface area contributed by atoms with Gasteiger partial charge in [0.1, 0.15) is 0 Å². The fraction of sp³-hybridized carbons (Fsp3) is 0.235. The van der Waals surface area contributed by atoms with Crippen LogP contribution in [0.2, 0.25) is 10.0 Å². The molecule has 1 fully saturated rings. The fourth-order valence-corrected chi connectivity index (χ4v) is 2.94. The molecule has 108 valence electrons. The second kappa shape index (κ2) is 5.70. The molecule has 1 N–H and O–H groups in total. The average Bonchev–Trinajstić information content (AvgIpc) is 3.28. The first kappa shape index (κ1) is 14.4. The molecule has 2 aromatic rings. The third-order valence-corrected chi connectivity index (χ3v) is 4.56. The highest BCUT2D eigenvalue weighted by molar-refractivity contribution is 6.31. The lowest BCUT2D eigenvalue weighted by atomic mass is 9.95. The van der Waals surface area contributed by atoms with Crippen molar-refractivity contribution < 1.29 is 4.79 Å². The van der Waals surface area contributed by atoms with Gasteiger partial charge in [0.2, 0.25) is 5.91 Å². The van der Waals surface area contributed by atoms with Crippen molar-refractivity contribution in [1.29, 1.82) is 0 Å². The Morgan fingerprint density at radius 1 is 1.10 bits per heavy atom. The maximum absolute atomic E-state index is 12.5. The molecule has 0 spiro atoms. The van der Waals surface area contributed by atoms with E-state index >= 15 is 0 Å². The van der Waals surface area contributed by atoms with Gasteiger partial charge in [0.15, 0.2) is 0 Å². The Morgan fingerprint density at radius 3 is 2.52 bits per heavy atom. The Morgan fingerprint density at radius 2 is 1.86 bits per heavy atom. The van der Waals surface area contributed by atoms with E-state index in [1.54, 1.807) is 0 Å². The van der Waals surface area contributed by atoms with Crippen molar-refractivity contribution in [2.75, 3.05) is 0 Å². The molecule has 0 unspecified atom stereocenters. The first-order valence-corrected chi connectivity index (χ1v) is 7.65. The third-order valence-electron chi connectivity index (χ3n) is 3.96. The molecule has 3 rings (SSSR count). The van der Waals surface area contributed by atoms with Crippen LogP contribution in [0.1, 0.15) is 24.0 Å². The Balaban J connectivity index is 1.72. The van der Waals surface area contributed by atoms with Gasteiger partial charge in [-0.25, -0.2) is 0 Å². The molecule has 0 aromatic heterocycles. The van der Waals surface area contributed by atoms with Gasteiger partial charge in [-0.1, -0.05) is 53.5 Å². The number of rotatable bonds is 4. The van der Waals surface area contributed by atoms with E-state index in [1.807, 2.05) is 48.5 Å². The molecule has 0 saturated heterocycles. The summed E-state index contributed by atoms with van der Waals surface area (Å²) >= 11 is 12.1. The van der Waals surface area contributed by atoms with E-state index in [9.17, 15) is 4.79 Å². The number of carbonyl (C=O) groups excluding carboxylic acids is 1. The SMILES string of the molecule is O=C(NCc1ccccc1Cl)C1(c2cccc(Cl)c2)CC1. The molecule has 1 aliphatic rings. The van der Waals surface area contributed by atoms with E-state index in [2.05, 4.69) is 5.32 Å². The van der Waals surface area contributed by atoms with Gasteiger partial charge < -0.3 is 5.32 Å². The summed E-state index contributed by atoms with van der Waals surface area (Å²) in [6.07, 6.45) is 1.73. The van der Waals surface area contributed by atoms with E-state index < -0.39 is 5.41 Å². The van der Waals surface area contributed by atoms with E-state index in [1.165, 1.54) is 0 Å². The van der Waals surface area contributed by atoms with E-state index in [4.69, 9.17) is 23.2 Å². The summed E-state index contributed by atoms with van der Waals surface area (Å²) in [5.41, 5.74) is 1.51. The molecule has 4 heteroatoms. The largest absolute Gasteiger partial charge is 0.351 e. The lowest BCUT2D eigenvalue weighted by Gasteiger charge is -2.16. The third kappa shape index (κ3) is 2.92. The highest BCUT2D eigenvalue weighted by Gasteiger charge is 2.51. The molecule has 2 aromatic carbocycles. The zero-order chi connectivity index (χ0) is 14.9. The molecule has 1 saturated carbocycles. The Kier molecular flexibility index (Phi) is 3.92. The number of halogens is 2. The second-order valence-corrected chi connectivity index (χ2v) is 6.21. The van der Waals surface area contributed by atoms with Crippen LogP contribution in [0, 0.1) is 0 Å². The Hall–Kier alpha value is -1.51. The van der Waals surface area contributed by atoms with Crippen molar-refractivity contribution in [2.24, 2.45) is 0 Å². The van der Waals surface area contributed by atoms with Crippen molar-refractivity contribution in [2.45, 2.75) is 24.8 Å². The molecule has 1 amide bonds. The van der Waals surface area contributed by atoms with Gasteiger partial charge in [0, 0.05) is 16.6 Å². The zero-order valence-electron chi connectivity index (χ0n) is 11.4. The van der Waals surface area contributed by atoms with Crippen LogP contribution in [0.15, 0.2) is 48.5 Å². The van der Waals surface area contributed by atoms with Crippen molar-refractivity contribution >= 4 is 29.1 Å². The molecule has 0 bridgehead atoms. The standard InChI is InChI=1S/C17H15Cl2NO/c18-14-6-3-5-13(10-14)17(8-9-17)16(21)20-11-12-4-1-2-7-15(12)19/h1-7,10H,8-9,11H2,(H,20,21). The quantitative estimate of drug-likeness (QED) is 0.892. The highest BCUT2D eigenvalue weighted by atomic mass is 35.5. The summed E-state index contributed by atoms with van der Waals surface area (Å²) in [7, 11) is 0. The zero-order valence-corrected chi connectivity index (χ0v) is 12.9. The molecule has 0 atom stereocenters. The van der Waals surface area contributed by atoms with Gasteiger partial charge in [-0.2, -0.15) is 0 Å². The van der Waals surface area contributed by atoms with Gasteiger partial charge in [-0.3, -0.25) is 4.79 Å². The lowest BCUT2D eigenvalue weighted by Crippen LogP contribution is -2.34. The monoisotopic (exact) mass is 319 g/mol. The van der Waals surface area contributed by atoms with Gasteiger partial charge >= 0.3 is 0 Å². The second-order valence-electron chi connectivity index (χ2n) is 5.37. The number of amides is 1. The Labute approximate surface area is 134 Å². The summed E-state index contributed by atoms with van der Waals surface area (Å²) in [6, 6.07) is 15.1. The van der Waals surface area contributed by atoms with E-state index in [-0.39, 0.29) is 5.91 Å². The predicted octanol–water partition coefficient (Wildman–Crippen LogP) is 4.34. The number of benzene rings is 2. The normalized spacial score (nSPS) is 15.5. The summed E-state index contributed by atoms with van der Waals surface area (Å²) in [5, 5.41) is 4.33. The van der Waals surface area contributed by atoms with Crippen LogP contribution in [0.4, 0.5) is 0 Å². The van der Waals surface area contributed by atoms with Gasteiger partial charge in [0.25, 0.3) is 0 Å². The molecule has 0 heterocycles. The minimum absolute atomic E-state index is 0.0460. The number of hydrogen-bond acceptors (Lipinski definition) is 1. The van der Waals surface area contributed by atoms with Crippen molar-refractivity contribution in [3.8, 4) is 0 Å². The lowest BCUT2D eigenvalue weighted by molar-refractivity contribution is -0.123. The minimum Gasteiger partial charge on any atom is -0.351 e.